The summed E-state index contributed by atoms with van der Waals surface area (Å²) in [5.41, 5.74) is 8.09. The first-order valence-electron chi connectivity index (χ1n) is 24.6. The average molecular weight is 1220 g/mol. The molecule has 0 saturated heterocycles. The number of fused-ring (bicyclic) bond motifs is 2. The largest absolute Gasteiger partial charge is 0.494 e. The van der Waals surface area contributed by atoms with Crippen LogP contribution < -0.4 is 29.9 Å². The summed E-state index contributed by atoms with van der Waals surface area (Å²) >= 11 is 5.65. The molecule has 0 aliphatic heterocycles. The molecule has 0 atom stereocenters. The Morgan fingerprint density at radius 1 is 0.588 bits per heavy atom. The predicted molar refractivity (Wildman–Crippen MR) is 320 cm³/mol. The van der Waals surface area contributed by atoms with Gasteiger partial charge in [-0.25, -0.2) is 0 Å². The van der Waals surface area contributed by atoms with Crippen molar-refractivity contribution in [3.63, 3.8) is 0 Å². The minimum atomic E-state index is -4.54. The minimum absolute atomic E-state index is 0.0130. The molecule has 0 saturated carbocycles. The van der Waals surface area contributed by atoms with Crippen LogP contribution in [0.15, 0.2) is 91.2 Å². The van der Waals surface area contributed by atoms with Gasteiger partial charge in [-0.15, -0.1) is 20.5 Å². The number of methoxy groups -OCH3 is 2. The van der Waals surface area contributed by atoms with E-state index >= 15 is 0 Å². The van der Waals surface area contributed by atoms with Crippen LogP contribution in [0.5, 0.6) is 11.5 Å². The van der Waals surface area contributed by atoms with E-state index in [0.29, 0.717) is 97.5 Å². The van der Waals surface area contributed by atoms with Gasteiger partial charge in [-0.1, -0.05) is 36.0 Å². The number of nitrogens with zero attached hydrogens (tertiary/aromatic N) is 13. The third kappa shape index (κ3) is 12.7. The van der Waals surface area contributed by atoms with Crippen molar-refractivity contribution in [3.05, 3.63) is 77.4 Å². The van der Waals surface area contributed by atoms with Crippen LogP contribution in [0.4, 0.5) is 56.0 Å². The van der Waals surface area contributed by atoms with Gasteiger partial charge in [0.2, 0.25) is 11.9 Å². The summed E-state index contributed by atoms with van der Waals surface area (Å²) in [6.45, 7) is 16.3. The van der Waals surface area contributed by atoms with Gasteiger partial charge in [0, 0.05) is 55.2 Å². The van der Waals surface area contributed by atoms with E-state index in [2.05, 4.69) is 64.6 Å². The Balaban J connectivity index is 1.15. The second-order valence-corrected chi connectivity index (χ2v) is 24.7. The van der Waals surface area contributed by atoms with Crippen LogP contribution in [0, 0.1) is 20.8 Å². The zero-order valence-electron chi connectivity index (χ0n) is 44.5. The molecule has 5 aromatic heterocycles. The lowest BCUT2D eigenvalue weighted by atomic mass is 10.0. The van der Waals surface area contributed by atoms with Gasteiger partial charge in [0.25, 0.3) is 20.2 Å². The summed E-state index contributed by atoms with van der Waals surface area (Å²) < 4.78 is 98.5. The number of benzene rings is 4. The molecule has 0 amide bonds. The van der Waals surface area contributed by atoms with E-state index in [0.717, 1.165) is 73.1 Å². The number of anilines is 6. The number of hydrogen-bond acceptors (Lipinski definition) is 26. The van der Waals surface area contributed by atoms with Crippen LogP contribution in [0.25, 0.3) is 42.9 Å². The quantitative estimate of drug-likeness (QED) is 0.0263. The summed E-state index contributed by atoms with van der Waals surface area (Å²) in [7, 11) is -5.75. The van der Waals surface area contributed by atoms with Gasteiger partial charge in [0.05, 0.1) is 69.8 Å². The van der Waals surface area contributed by atoms with E-state index in [1.807, 2.05) is 45.9 Å². The number of aryl methyl sites for hydroxylation is 3. The van der Waals surface area contributed by atoms with E-state index in [-0.39, 0.29) is 33.4 Å². The molecule has 0 spiro atoms. The first-order valence-corrected chi connectivity index (χ1v) is 31.8. The Hall–Kier alpha value is -6.90. The maximum atomic E-state index is 12.3. The molecular formula is C50H53N15O8S7. The predicted octanol–water partition coefficient (Wildman–Crippen LogP) is 13.5. The van der Waals surface area contributed by atoms with Crippen LogP contribution in [0.1, 0.15) is 44.4 Å². The molecule has 9 aromatic rings. The highest BCUT2D eigenvalue weighted by molar-refractivity contribution is 8.00. The summed E-state index contributed by atoms with van der Waals surface area (Å²) in [5, 5.41) is 28.0. The molecular weight excluding hydrogens is 1160 g/mol. The fraction of sp³-hybridized carbons (Fsp3) is 0.300. The lowest BCUT2D eigenvalue weighted by Gasteiger charge is -2.25. The number of thioether (sulfide) groups is 1. The van der Waals surface area contributed by atoms with E-state index in [1.165, 1.54) is 29.1 Å². The Morgan fingerprint density at radius 2 is 1.06 bits per heavy atom. The number of hydrogen-bond donors (Lipinski definition) is 4. The third-order valence-corrected chi connectivity index (χ3v) is 18.7. The molecule has 0 bridgehead atoms. The second-order valence-electron chi connectivity index (χ2n) is 17.6. The van der Waals surface area contributed by atoms with Crippen molar-refractivity contribution in [2.45, 2.75) is 58.5 Å². The van der Waals surface area contributed by atoms with E-state index in [9.17, 15) is 25.9 Å². The lowest BCUT2D eigenvalue weighted by molar-refractivity contribution is 0.414. The average Bonchev–Trinajstić information content (AvgIpc) is 4.24. The molecule has 0 radical (unpaired) electrons. The summed E-state index contributed by atoms with van der Waals surface area (Å²) in [4.78, 5) is 19.5. The van der Waals surface area contributed by atoms with Gasteiger partial charge >= 0.3 is 0 Å². The van der Waals surface area contributed by atoms with Gasteiger partial charge in [0.15, 0.2) is 24.8 Å². The van der Waals surface area contributed by atoms with Crippen molar-refractivity contribution >= 4 is 155 Å². The maximum Gasteiger partial charge on any atom is 0.294 e. The topological polar surface area (TPSA) is 297 Å². The highest BCUT2D eigenvalue weighted by Crippen LogP contribution is 2.47. The highest BCUT2D eigenvalue weighted by atomic mass is 32.2. The Morgan fingerprint density at radius 3 is 1.50 bits per heavy atom. The molecule has 4 N–H and O–H groups in total. The first kappa shape index (κ1) is 57.8. The van der Waals surface area contributed by atoms with Gasteiger partial charge < -0.3 is 29.9 Å². The van der Waals surface area contributed by atoms with Crippen LogP contribution in [-0.2, 0) is 20.2 Å². The van der Waals surface area contributed by atoms with Gasteiger partial charge in [-0.05, 0) is 136 Å². The van der Waals surface area contributed by atoms with E-state index in [4.69, 9.17) is 44.1 Å². The van der Waals surface area contributed by atoms with Crippen molar-refractivity contribution < 1.29 is 35.4 Å². The van der Waals surface area contributed by atoms with E-state index in [1.54, 1.807) is 45.4 Å². The van der Waals surface area contributed by atoms with Crippen molar-refractivity contribution in [1.82, 2.24) is 32.4 Å². The van der Waals surface area contributed by atoms with Crippen LogP contribution >= 0.6 is 57.9 Å². The molecule has 4 aromatic carbocycles. The highest BCUT2D eigenvalue weighted by Gasteiger charge is 2.24. The Kier molecular flexibility index (Phi) is 17.7. The van der Waals surface area contributed by atoms with Crippen molar-refractivity contribution in [2.75, 3.05) is 72.3 Å². The van der Waals surface area contributed by atoms with E-state index < -0.39 is 26.0 Å². The van der Waals surface area contributed by atoms with Crippen LogP contribution in [0.3, 0.4) is 0 Å². The SMILES string of the molecule is CCN(CC)c1cc(Nc2nc(Nc3cc(N(CC)CC)c(OC)cc3N=Nc3snc4snc(-c5ccc(C)c(S(=O)(=O)O)c5)c34)nc(SCCS(=O)(=O)O)n2)c(N=Nc2snc3snc(-c4ccc(C)c(C)c4)c23)cc1OC. The zero-order chi connectivity index (χ0) is 57.0. The number of aromatic nitrogens is 7. The third-order valence-electron chi connectivity index (χ3n) is 12.7. The minimum Gasteiger partial charge on any atom is -0.494 e. The molecule has 0 aliphatic rings. The zero-order valence-corrected chi connectivity index (χ0v) is 50.2. The molecule has 0 aliphatic carbocycles. The van der Waals surface area contributed by atoms with Gasteiger partial charge in [-0.2, -0.15) is 49.3 Å². The number of ether oxygens (including phenoxy) is 2. The molecule has 23 nitrogen and oxygen atoms in total. The van der Waals surface area contributed by atoms with Gasteiger partial charge in [-0.3, -0.25) is 9.11 Å². The molecule has 0 unspecified atom stereocenters. The number of rotatable bonds is 23. The van der Waals surface area contributed by atoms with Gasteiger partial charge in [0.1, 0.15) is 22.9 Å². The second kappa shape index (κ2) is 24.4. The van der Waals surface area contributed by atoms with Crippen molar-refractivity contribution in [3.8, 4) is 34.0 Å². The van der Waals surface area contributed by atoms with Crippen molar-refractivity contribution in [1.29, 1.82) is 0 Å². The Labute approximate surface area is 481 Å². The normalized spacial score (nSPS) is 12.1. The first-order chi connectivity index (χ1) is 38.3. The number of nitrogens with one attached hydrogen (secondary N) is 2. The fourth-order valence-electron chi connectivity index (χ4n) is 8.42. The summed E-state index contributed by atoms with van der Waals surface area (Å²) in [6, 6.07) is 18.0. The Bertz CT molecular complexity index is 4060. The fourth-order valence-corrected chi connectivity index (χ4v) is 14.0. The molecule has 0 fully saturated rings. The summed E-state index contributed by atoms with van der Waals surface area (Å²) in [6.07, 6.45) is 0. The molecule has 30 heteroatoms. The molecule has 9 rings (SSSR count). The van der Waals surface area contributed by atoms with Crippen LogP contribution in [0.2, 0.25) is 0 Å². The molecule has 418 valence electrons. The van der Waals surface area contributed by atoms with Crippen molar-refractivity contribution in [2.24, 2.45) is 20.5 Å². The molecule has 5 heterocycles. The standard InChI is InChI=1S/C50H53N15O8S7/c1-10-64(11-2)35-22-31(33(24-37(35)72-8)56-58-44-40-42(60-77-46(40)62-75-44)29-16-14-26(5)28(7)20-29)51-48-53-49(55-50(54-48)74-18-19-79(66,67)68)52-32-23-36(65(12-3)13-4)38(73-9)25-34(32)57-59-45-41-43(61-78-47(41)63-76-45)30-17-15-27(6)39(21-30)80(69,70)71/h14-17,20-25H,10-13,18-19H2,1-9H3,(H,66,67,68)(H,69,70,71)(H2,51,52,53,54,55). The summed E-state index contributed by atoms with van der Waals surface area (Å²) in [5.74, 6) is 0.387. The monoisotopic (exact) mass is 1220 g/mol. The maximum absolute atomic E-state index is 12.3. The number of azo groups is 2. The smallest absolute Gasteiger partial charge is 0.294 e. The van der Waals surface area contributed by atoms with Crippen LogP contribution in [-0.4, -0.2) is 110 Å². The lowest BCUT2D eigenvalue weighted by Crippen LogP contribution is -2.22. The molecule has 80 heavy (non-hydrogen) atoms.